The molecule has 0 aromatic rings. The largest absolute Gasteiger partial charge is 0.394 e. The molecule has 0 aliphatic carbocycles. The van der Waals surface area contributed by atoms with Gasteiger partial charge in [-0.25, -0.2) is 0 Å². The van der Waals surface area contributed by atoms with Crippen LogP contribution in [-0.2, 0) is 0 Å². The summed E-state index contributed by atoms with van der Waals surface area (Å²) in [4.78, 5) is 0. The summed E-state index contributed by atoms with van der Waals surface area (Å²) in [6.07, 6.45) is 9.98. The van der Waals surface area contributed by atoms with Gasteiger partial charge in [-0.2, -0.15) is 0 Å². The fourth-order valence-electron chi connectivity index (χ4n) is 2.88. The van der Waals surface area contributed by atoms with E-state index in [1.54, 1.807) is 0 Å². The molecule has 0 aliphatic rings. The molecule has 0 saturated heterocycles. The van der Waals surface area contributed by atoms with Gasteiger partial charge < -0.3 is 20.4 Å². The standard InChI is InChI=1S/2C10H22O2/c2*1-3-5-6-9(4-2)7-10(12)8-11/h2*9-12H,3-8H2,1-2H3. The predicted octanol–water partition coefficient (Wildman–Crippen LogP) is 3.89. The molecule has 0 rings (SSSR count). The first kappa shape index (κ1) is 26.1. The first-order valence-electron chi connectivity index (χ1n) is 10.1. The lowest BCUT2D eigenvalue weighted by Gasteiger charge is -2.16. The molecule has 4 nitrogen and oxygen atoms in total. The topological polar surface area (TPSA) is 80.9 Å². The minimum Gasteiger partial charge on any atom is -0.394 e. The quantitative estimate of drug-likeness (QED) is 0.384. The minimum absolute atomic E-state index is 0.0946. The van der Waals surface area contributed by atoms with Gasteiger partial charge in [0.05, 0.1) is 25.4 Å². The molecule has 4 unspecified atom stereocenters. The summed E-state index contributed by atoms with van der Waals surface area (Å²) in [5, 5.41) is 35.7. The van der Waals surface area contributed by atoms with Crippen LogP contribution in [-0.4, -0.2) is 45.8 Å². The first-order chi connectivity index (χ1) is 11.5. The SMILES string of the molecule is CCCCC(CC)CC(O)CO.CCCCC(CC)CC(O)CO. The van der Waals surface area contributed by atoms with Crippen molar-refractivity contribution >= 4 is 0 Å². The van der Waals surface area contributed by atoms with Gasteiger partial charge in [-0.15, -0.1) is 0 Å². The van der Waals surface area contributed by atoms with Crippen LogP contribution in [0.3, 0.4) is 0 Å². The zero-order valence-electron chi connectivity index (χ0n) is 16.6. The highest BCUT2D eigenvalue weighted by Gasteiger charge is 2.12. The Labute approximate surface area is 150 Å². The van der Waals surface area contributed by atoms with Crippen molar-refractivity contribution in [1.29, 1.82) is 0 Å². The number of hydrogen-bond acceptors (Lipinski definition) is 4. The zero-order valence-corrected chi connectivity index (χ0v) is 16.6. The van der Waals surface area contributed by atoms with Crippen molar-refractivity contribution in [2.45, 2.75) is 104 Å². The number of rotatable bonds is 14. The lowest BCUT2D eigenvalue weighted by Crippen LogP contribution is -2.17. The molecule has 4 heteroatoms. The molecule has 0 radical (unpaired) electrons. The Hall–Kier alpha value is -0.160. The predicted molar refractivity (Wildman–Crippen MR) is 102 cm³/mol. The highest BCUT2D eigenvalue weighted by molar-refractivity contribution is 4.64. The molecule has 0 fully saturated rings. The van der Waals surface area contributed by atoms with Crippen molar-refractivity contribution in [3.63, 3.8) is 0 Å². The normalized spacial score (nSPS) is 16.0. The van der Waals surface area contributed by atoms with Crippen LogP contribution in [0.2, 0.25) is 0 Å². The van der Waals surface area contributed by atoms with E-state index in [0.717, 1.165) is 25.7 Å². The van der Waals surface area contributed by atoms with E-state index in [0.29, 0.717) is 11.8 Å². The Morgan fingerprint density at radius 3 is 1.17 bits per heavy atom. The third-order valence-electron chi connectivity index (χ3n) is 4.72. The van der Waals surface area contributed by atoms with E-state index >= 15 is 0 Å². The van der Waals surface area contributed by atoms with Gasteiger partial charge in [0.1, 0.15) is 0 Å². The van der Waals surface area contributed by atoms with Crippen LogP contribution in [0.25, 0.3) is 0 Å². The molecule has 0 aromatic heterocycles. The van der Waals surface area contributed by atoms with E-state index in [4.69, 9.17) is 10.2 Å². The Balaban J connectivity index is 0. The molecule has 24 heavy (non-hydrogen) atoms. The number of unbranched alkanes of at least 4 members (excludes halogenated alkanes) is 2. The third-order valence-corrected chi connectivity index (χ3v) is 4.72. The zero-order chi connectivity index (χ0) is 18.8. The second-order valence-electron chi connectivity index (χ2n) is 6.98. The summed E-state index contributed by atoms with van der Waals surface area (Å²) < 4.78 is 0. The van der Waals surface area contributed by atoms with Gasteiger partial charge in [-0.1, -0.05) is 79.1 Å². The molecular formula is C20H44O4. The molecule has 0 spiro atoms. The van der Waals surface area contributed by atoms with E-state index in [2.05, 4.69) is 27.7 Å². The van der Waals surface area contributed by atoms with E-state index in [1.165, 1.54) is 38.5 Å². The van der Waals surface area contributed by atoms with E-state index in [9.17, 15) is 10.2 Å². The van der Waals surface area contributed by atoms with Crippen molar-refractivity contribution in [3.05, 3.63) is 0 Å². The van der Waals surface area contributed by atoms with Gasteiger partial charge in [-0.3, -0.25) is 0 Å². The lowest BCUT2D eigenvalue weighted by molar-refractivity contribution is 0.0717. The monoisotopic (exact) mass is 348 g/mol. The Morgan fingerprint density at radius 1 is 0.625 bits per heavy atom. The molecule has 4 N–H and O–H groups in total. The third kappa shape index (κ3) is 16.7. The van der Waals surface area contributed by atoms with Gasteiger partial charge >= 0.3 is 0 Å². The van der Waals surface area contributed by atoms with Crippen LogP contribution in [0.5, 0.6) is 0 Å². The smallest absolute Gasteiger partial charge is 0.0773 e. The van der Waals surface area contributed by atoms with Gasteiger partial charge in [-0.05, 0) is 24.7 Å². The Kier molecular flexibility index (Phi) is 20.8. The highest BCUT2D eigenvalue weighted by atomic mass is 16.3. The summed E-state index contributed by atoms with van der Waals surface area (Å²) in [7, 11) is 0. The second kappa shape index (κ2) is 19.2. The molecule has 148 valence electrons. The van der Waals surface area contributed by atoms with Crippen molar-refractivity contribution in [3.8, 4) is 0 Å². The molecule has 0 aromatic carbocycles. The van der Waals surface area contributed by atoms with E-state index in [1.807, 2.05) is 0 Å². The fourth-order valence-corrected chi connectivity index (χ4v) is 2.88. The summed E-state index contributed by atoms with van der Waals surface area (Å²) >= 11 is 0. The van der Waals surface area contributed by atoms with Crippen LogP contribution in [0.4, 0.5) is 0 Å². The van der Waals surface area contributed by atoms with Gasteiger partial charge in [0, 0.05) is 0 Å². The molecule has 0 amide bonds. The average molecular weight is 349 g/mol. The maximum Gasteiger partial charge on any atom is 0.0773 e. The number of aliphatic hydroxyl groups excluding tert-OH is 4. The summed E-state index contributed by atoms with van der Waals surface area (Å²) in [6.45, 7) is 8.45. The lowest BCUT2D eigenvalue weighted by atomic mass is 9.93. The Morgan fingerprint density at radius 2 is 0.958 bits per heavy atom. The average Bonchev–Trinajstić information content (AvgIpc) is 2.61. The molecular weight excluding hydrogens is 304 g/mol. The van der Waals surface area contributed by atoms with Crippen LogP contribution in [0.15, 0.2) is 0 Å². The number of hydrogen-bond donors (Lipinski definition) is 4. The molecule has 0 saturated carbocycles. The summed E-state index contributed by atoms with van der Waals surface area (Å²) in [5.74, 6) is 1.18. The molecule has 0 bridgehead atoms. The fraction of sp³-hybridized carbons (Fsp3) is 1.00. The van der Waals surface area contributed by atoms with E-state index < -0.39 is 12.2 Å². The molecule has 4 atom stereocenters. The second-order valence-corrected chi connectivity index (χ2v) is 6.98. The van der Waals surface area contributed by atoms with Gasteiger partial charge in [0.25, 0.3) is 0 Å². The van der Waals surface area contributed by atoms with Crippen LogP contribution in [0, 0.1) is 11.8 Å². The highest BCUT2D eigenvalue weighted by Crippen LogP contribution is 2.18. The van der Waals surface area contributed by atoms with Crippen molar-refractivity contribution in [1.82, 2.24) is 0 Å². The van der Waals surface area contributed by atoms with E-state index in [-0.39, 0.29) is 13.2 Å². The molecule has 0 aliphatic heterocycles. The van der Waals surface area contributed by atoms with Crippen molar-refractivity contribution < 1.29 is 20.4 Å². The van der Waals surface area contributed by atoms with Crippen molar-refractivity contribution in [2.24, 2.45) is 11.8 Å². The summed E-state index contributed by atoms with van der Waals surface area (Å²) in [6, 6.07) is 0. The van der Waals surface area contributed by atoms with Gasteiger partial charge in [0.2, 0.25) is 0 Å². The maximum atomic E-state index is 9.21. The molecule has 0 heterocycles. The Bertz CT molecular complexity index is 212. The van der Waals surface area contributed by atoms with Crippen LogP contribution in [0.1, 0.15) is 91.9 Å². The number of aliphatic hydroxyl groups is 4. The van der Waals surface area contributed by atoms with Crippen LogP contribution < -0.4 is 0 Å². The summed E-state index contributed by atoms with van der Waals surface area (Å²) in [5.41, 5.74) is 0. The first-order valence-corrected chi connectivity index (χ1v) is 10.1. The van der Waals surface area contributed by atoms with Gasteiger partial charge in [0.15, 0.2) is 0 Å². The maximum absolute atomic E-state index is 9.21. The van der Waals surface area contributed by atoms with Crippen LogP contribution >= 0.6 is 0 Å². The minimum atomic E-state index is -0.508. The van der Waals surface area contributed by atoms with Crippen molar-refractivity contribution in [2.75, 3.05) is 13.2 Å².